The molecule has 1 aliphatic heterocycles. The van der Waals surface area contributed by atoms with Crippen molar-refractivity contribution in [3.8, 4) is 0 Å². The average molecular weight is 582 g/mol. The van der Waals surface area contributed by atoms with Crippen LogP contribution in [0.5, 0.6) is 0 Å². The molecule has 0 bridgehead atoms. The maximum atomic E-state index is 13.6. The molecule has 0 aliphatic carbocycles. The van der Waals surface area contributed by atoms with E-state index in [4.69, 9.17) is 0 Å². The number of aryl methyl sites for hydroxylation is 1. The SMILES string of the molecule is Cc1ccc(S(=O)(=O)N(CC(=O)N2CCc3cc(S(=O)(=O)N(C)C)ccc32)c2cccc(C(F)(F)F)c2)cc1. The lowest BCUT2D eigenvalue weighted by molar-refractivity contribution is -0.137. The Balaban J connectivity index is 1.72. The Kier molecular flexibility index (Phi) is 7.54. The van der Waals surface area contributed by atoms with Crippen LogP contribution in [0.15, 0.2) is 76.5 Å². The van der Waals surface area contributed by atoms with Gasteiger partial charge in [0.15, 0.2) is 0 Å². The van der Waals surface area contributed by atoms with E-state index in [-0.39, 0.29) is 22.0 Å². The minimum absolute atomic E-state index is 0.0492. The first kappa shape index (κ1) is 28.6. The molecule has 0 saturated heterocycles. The summed E-state index contributed by atoms with van der Waals surface area (Å²) < 4.78 is 94.3. The van der Waals surface area contributed by atoms with Gasteiger partial charge in [-0.15, -0.1) is 0 Å². The molecule has 13 heteroatoms. The van der Waals surface area contributed by atoms with Gasteiger partial charge in [0.25, 0.3) is 10.0 Å². The molecule has 39 heavy (non-hydrogen) atoms. The van der Waals surface area contributed by atoms with E-state index in [9.17, 15) is 34.8 Å². The number of alkyl halides is 3. The van der Waals surface area contributed by atoms with Crippen LogP contribution in [0.25, 0.3) is 0 Å². The van der Waals surface area contributed by atoms with E-state index in [1.165, 1.54) is 55.4 Å². The number of carbonyl (C=O) groups is 1. The van der Waals surface area contributed by atoms with Crippen molar-refractivity contribution in [1.29, 1.82) is 0 Å². The first-order valence-corrected chi connectivity index (χ1v) is 14.6. The van der Waals surface area contributed by atoms with Gasteiger partial charge in [-0.2, -0.15) is 13.2 Å². The van der Waals surface area contributed by atoms with Gasteiger partial charge in [0.05, 0.1) is 21.0 Å². The summed E-state index contributed by atoms with van der Waals surface area (Å²) in [6.45, 7) is 1.14. The smallest absolute Gasteiger partial charge is 0.310 e. The Morgan fingerprint density at radius 1 is 0.897 bits per heavy atom. The second-order valence-electron chi connectivity index (χ2n) is 9.25. The lowest BCUT2D eigenvalue weighted by Gasteiger charge is -2.27. The minimum Gasteiger partial charge on any atom is -0.310 e. The summed E-state index contributed by atoms with van der Waals surface area (Å²) in [7, 11) is -5.35. The molecule has 3 aromatic rings. The molecule has 1 aliphatic rings. The monoisotopic (exact) mass is 581 g/mol. The lowest BCUT2D eigenvalue weighted by atomic mass is 10.2. The fourth-order valence-corrected chi connectivity index (χ4v) is 6.57. The molecular weight excluding hydrogens is 555 g/mol. The summed E-state index contributed by atoms with van der Waals surface area (Å²) in [6, 6.07) is 13.8. The van der Waals surface area contributed by atoms with Crippen LogP contribution in [0.4, 0.5) is 24.5 Å². The number of benzene rings is 3. The number of anilines is 2. The van der Waals surface area contributed by atoms with Gasteiger partial charge in [0.2, 0.25) is 15.9 Å². The molecule has 0 atom stereocenters. The summed E-state index contributed by atoms with van der Waals surface area (Å²) in [6.07, 6.45) is -4.40. The number of nitrogens with zero attached hydrogens (tertiary/aromatic N) is 3. The minimum atomic E-state index is -4.72. The number of fused-ring (bicyclic) bond motifs is 1. The quantitative estimate of drug-likeness (QED) is 0.420. The van der Waals surface area contributed by atoms with Crippen LogP contribution in [-0.4, -0.2) is 54.2 Å². The van der Waals surface area contributed by atoms with E-state index in [2.05, 4.69) is 0 Å². The number of hydrogen-bond donors (Lipinski definition) is 0. The molecule has 0 saturated carbocycles. The van der Waals surface area contributed by atoms with Crippen molar-refractivity contribution in [1.82, 2.24) is 4.31 Å². The van der Waals surface area contributed by atoms with Gasteiger partial charge in [-0.1, -0.05) is 23.8 Å². The third-order valence-electron chi connectivity index (χ3n) is 6.38. The predicted octanol–water partition coefficient (Wildman–Crippen LogP) is 4.05. The Labute approximate surface area is 225 Å². The maximum Gasteiger partial charge on any atom is 0.416 e. The van der Waals surface area contributed by atoms with Gasteiger partial charge in [0.1, 0.15) is 6.54 Å². The van der Waals surface area contributed by atoms with E-state index in [0.29, 0.717) is 28.0 Å². The number of hydrogen-bond acceptors (Lipinski definition) is 5. The molecule has 4 rings (SSSR count). The van der Waals surface area contributed by atoms with Crippen LogP contribution < -0.4 is 9.21 Å². The van der Waals surface area contributed by atoms with Crippen LogP contribution in [0.2, 0.25) is 0 Å². The van der Waals surface area contributed by atoms with Crippen LogP contribution in [-0.2, 0) is 37.4 Å². The number of halogens is 3. The molecule has 1 heterocycles. The van der Waals surface area contributed by atoms with Gasteiger partial charge in [0, 0.05) is 26.3 Å². The molecule has 0 unspecified atom stereocenters. The van der Waals surface area contributed by atoms with Crippen molar-refractivity contribution < 1.29 is 34.8 Å². The van der Waals surface area contributed by atoms with E-state index >= 15 is 0 Å². The molecule has 0 fully saturated rings. The zero-order valence-electron chi connectivity index (χ0n) is 21.3. The summed E-state index contributed by atoms with van der Waals surface area (Å²) in [5, 5.41) is 0. The fourth-order valence-electron chi connectivity index (χ4n) is 4.21. The molecule has 0 aromatic heterocycles. The highest BCUT2D eigenvalue weighted by atomic mass is 32.2. The highest BCUT2D eigenvalue weighted by Crippen LogP contribution is 2.35. The van der Waals surface area contributed by atoms with Crippen molar-refractivity contribution in [2.24, 2.45) is 0 Å². The molecule has 8 nitrogen and oxygen atoms in total. The molecule has 3 aromatic carbocycles. The maximum absolute atomic E-state index is 13.6. The zero-order valence-corrected chi connectivity index (χ0v) is 22.9. The molecule has 1 amide bonds. The molecule has 0 N–H and O–H groups in total. The average Bonchev–Trinajstić information content (AvgIpc) is 3.30. The van der Waals surface area contributed by atoms with Gasteiger partial charge < -0.3 is 4.90 Å². The molecule has 0 spiro atoms. The number of rotatable bonds is 7. The van der Waals surface area contributed by atoms with Gasteiger partial charge >= 0.3 is 6.18 Å². The van der Waals surface area contributed by atoms with Crippen molar-refractivity contribution in [2.75, 3.05) is 36.4 Å². The highest BCUT2D eigenvalue weighted by Gasteiger charge is 2.35. The van der Waals surface area contributed by atoms with Crippen LogP contribution in [0.3, 0.4) is 0 Å². The van der Waals surface area contributed by atoms with Gasteiger partial charge in [-0.3, -0.25) is 9.10 Å². The normalized spacial score (nSPS) is 14.0. The van der Waals surface area contributed by atoms with Crippen molar-refractivity contribution in [2.45, 2.75) is 29.3 Å². The predicted molar refractivity (Wildman–Crippen MR) is 141 cm³/mol. The second kappa shape index (κ2) is 10.3. The van der Waals surface area contributed by atoms with Crippen LogP contribution in [0, 0.1) is 6.92 Å². The Morgan fingerprint density at radius 3 is 2.15 bits per heavy atom. The standard InChI is InChI=1S/C26H26F3N3O5S2/c1-18-7-9-22(10-8-18)39(36,37)32(21-6-4-5-20(16-21)26(27,28)29)17-25(33)31-14-13-19-15-23(11-12-24(19)31)38(34,35)30(2)3/h4-12,15-16H,13-14,17H2,1-3H3. The summed E-state index contributed by atoms with van der Waals surface area (Å²) in [5.41, 5.74) is 0.399. The lowest BCUT2D eigenvalue weighted by Crippen LogP contribution is -2.42. The van der Waals surface area contributed by atoms with Gasteiger partial charge in [-0.25, -0.2) is 21.1 Å². The Morgan fingerprint density at radius 2 is 1.54 bits per heavy atom. The second-order valence-corrected chi connectivity index (χ2v) is 13.3. The molecule has 0 radical (unpaired) electrons. The summed E-state index contributed by atoms with van der Waals surface area (Å²) in [4.78, 5) is 14.6. The van der Waals surface area contributed by atoms with Crippen molar-refractivity contribution >= 4 is 37.3 Å². The molecular formula is C26H26F3N3O5S2. The van der Waals surface area contributed by atoms with E-state index in [1.54, 1.807) is 19.1 Å². The fraction of sp³-hybridized carbons (Fsp3) is 0.269. The Bertz CT molecular complexity index is 1620. The zero-order chi connectivity index (χ0) is 28.8. The van der Waals surface area contributed by atoms with Crippen molar-refractivity contribution in [3.63, 3.8) is 0 Å². The third kappa shape index (κ3) is 5.65. The summed E-state index contributed by atoms with van der Waals surface area (Å²) in [5.74, 6) is -0.676. The molecule has 208 valence electrons. The van der Waals surface area contributed by atoms with E-state index in [1.807, 2.05) is 0 Å². The highest BCUT2D eigenvalue weighted by molar-refractivity contribution is 7.92. The van der Waals surface area contributed by atoms with Gasteiger partial charge in [-0.05, 0) is 67.4 Å². The van der Waals surface area contributed by atoms with Crippen LogP contribution in [0.1, 0.15) is 16.7 Å². The first-order chi connectivity index (χ1) is 18.1. The van der Waals surface area contributed by atoms with E-state index < -0.39 is 44.2 Å². The summed E-state index contributed by atoms with van der Waals surface area (Å²) >= 11 is 0. The van der Waals surface area contributed by atoms with Crippen LogP contribution >= 0.6 is 0 Å². The van der Waals surface area contributed by atoms with Crippen molar-refractivity contribution in [3.05, 3.63) is 83.4 Å². The number of sulfonamides is 2. The third-order valence-corrected chi connectivity index (χ3v) is 9.97. The Hall–Kier alpha value is -3.42. The first-order valence-electron chi connectivity index (χ1n) is 11.7. The largest absolute Gasteiger partial charge is 0.416 e. The topological polar surface area (TPSA) is 95.1 Å². The van der Waals surface area contributed by atoms with E-state index in [0.717, 1.165) is 22.0 Å². The number of carbonyl (C=O) groups excluding carboxylic acids is 1. The number of amides is 1.